The summed E-state index contributed by atoms with van der Waals surface area (Å²) in [6.45, 7) is 2.66. The van der Waals surface area contributed by atoms with Crippen molar-refractivity contribution in [3.63, 3.8) is 0 Å². The SMILES string of the molecule is CC1(C(N)=O)CCN(C(=O)Nc2ccc(N)cc2)C1. The summed E-state index contributed by atoms with van der Waals surface area (Å²) in [4.78, 5) is 25.0. The van der Waals surface area contributed by atoms with Crippen molar-refractivity contribution in [3.05, 3.63) is 24.3 Å². The molecule has 1 atom stereocenters. The summed E-state index contributed by atoms with van der Waals surface area (Å²) in [7, 11) is 0. The van der Waals surface area contributed by atoms with Crippen LogP contribution in [0.2, 0.25) is 0 Å². The fourth-order valence-electron chi connectivity index (χ4n) is 2.10. The fourth-order valence-corrected chi connectivity index (χ4v) is 2.10. The van der Waals surface area contributed by atoms with Gasteiger partial charge < -0.3 is 21.7 Å². The Morgan fingerprint density at radius 3 is 2.47 bits per heavy atom. The minimum atomic E-state index is -0.627. The number of primary amides is 1. The third-order valence-corrected chi connectivity index (χ3v) is 3.52. The van der Waals surface area contributed by atoms with Crippen LogP contribution in [0.5, 0.6) is 0 Å². The van der Waals surface area contributed by atoms with E-state index in [1.54, 1.807) is 36.1 Å². The van der Waals surface area contributed by atoms with Gasteiger partial charge in [-0.3, -0.25) is 4.79 Å². The molecule has 0 spiro atoms. The van der Waals surface area contributed by atoms with Crippen LogP contribution in [0.15, 0.2) is 24.3 Å². The number of rotatable bonds is 2. The first kappa shape index (κ1) is 13.2. The zero-order valence-electron chi connectivity index (χ0n) is 10.8. The van der Waals surface area contributed by atoms with E-state index in [1.807, 2.05) is 0 Å². The van der Waals surface area contributed by atoms with Gasteiger partial charge in [-0.05, 0) is 37.6 Å². The lowest BCUT2D eigenvalue weighted by atomic mass is 9.89. The van der Waals surface area contributed by atoms with Gasteiger partial charge in [-0.15, -0.1) is 0 Å². The molecule has 6 nitrogen and oxygen atoms in total. The predicted octanol–water partition coefficient (Wildman–Crippen LogP) is 0.998. The molecular weight excluding hydrogens is 244 g/mol. The summed E-state index contributed by atoms with van der Waals surface area (Å²) in [5.41, 5.74) is 11.6. The zero-order valence-corrected chi connectivity index (χ0v) is 10.8. The molecule has 1 heterocycles. The first-order chi connectivity index (χ1) is 8.90. The first-order valence-corrected chi connectivity index (χ1v) is 6.12. The topological polar surface area (TPSA) is 101 Å². The van der Waals surface area contributed by atoms with E-state index in [2.05, 4.69) is 5.32 Å². The van der Waals surface area contributed by atoms with Crippen LogP contribution in [0, 0.1) is 5.41 Å². The highest BCUT2D eigenvalue weighted by molar-refractivity contribution is 5.91. The molecule has 19 heavy (non-hydrogen) atoms. The number of amides is 3. The van der Waals surface area contributed by atoms with Crippen molar-refractivity contribution in [1.29, 1.82) is 0 Å². The van der Waals surface area contributed by atoms with Gasteiger partial charge in [0.05, 0.1) is 5.41 Å². The van der Waals surface area contributed by atoms with Crippen LogP contribution in [0.4, 0.5) is 16.2 Å². The number of benzene rings is 1. The molecule has 5 N–H and O–H groups in total. The van der Waals surface area contributed by atoms with Gasteiger partial charge in [-0.1, -0.05) is 0 Å². The third kappa shape index (κ3) is 2.78. The maximum Gasteiger partial charge on any atom is 0.321 e. The van der Waals surface area contributed by atoms with Crippen molar-refractivity contribution in [2.45, 2.75) is 13.3 Å². The molecule has 3 amide bonds. The molecule has 2 rings (SSSR count). The second-order valence-corrected chi connectivity index (χ2v) is 5.15. The standard InChI is InChI=1S/C13H18N4O2/c1-13(11(15)18)6-7-17(8-13)12(19)16-10-4-2-9(14)3-5-10/h2-5H,6-8,14H2,1H3,(H2,15,18)(H,16,19). The van der Waals surface area contributed by atoms with Crippen molar-refractivity contribution in [2.24, 2.45) is 11.1 Å². The number of carbonyl (C=O) groups excluding carboxylic acids is 2. The second-order valence-electron chi connectivity index (χ2n) is 5.15. The fraction of sp³-hybridized carbons (Fsp3) is 0.385. The van der Waals surface area contributed by atoms with Gasteiger partial charge in [0.2, 0.25) is 5.91 Å². The van der Waals surface area contributed by atoms with E-state index < -0.39 is 5.41 Å². The van der Waals surface area contributed by atoms with E-state index in [0.29, 0.717) is 30.9 Å². The van der Waals surface area contributed by atoms with E-state index in [-0.39, 0.29) is 11.9 Å². The number of nitrogen functional groups attached to an aromatic ring is 1. The number of hydrogen-bond donors (Lipinski definition) is 3. The number of nitrogens with zero attached hydrogens (tertiary/aromatic N) is 1. The summed E-state index contributed by atoms with van der Waals surface area (Å²) in [6, 6.07) is 6.67. The minimum Gasteiger partial charge on any atom is -0.399 e. The van der Waals surface area contributed by atoms with Crippen molar-refractivity contribution < 1.29 is 9.59 Å². The average Bonchev–Trinajstić information content (AvgIpc) is 2.76. The molecule has 0 bridgehead atoms. The van der Waals surface area contributed by atoms with Gasteiger partial charge in [-0.2, -0.15) is 0 Å². The molecule has 1 aliphatic heterocycles. The smallest absolute Gasteiger partial charge is 0.321 e. The predicted molar refractivity (Wildman–Crippen MR) is 73.4 cm³/mol. The first-order valence-electron chi connectivity index (χ1n) is 6.12. The Labute approximate surface area is 111 Å². The third-order valence-electron chi connectivity index (χ3n) is 3.52. The Balaban J connectivity index is 1.98. The largest absolute Gasteiger partial charge is 0.399 e. The summed E-state index contributed by atoms with van der Waals surface area (Å²) in [5, 5.41) is 2.77. The van der Waals surface area contributed by atoms with Crippen LogP contribution in [0.1, 0.15) is 13.3 Å². The van der Waals surface area contributed by atoms with Crippen LogP contribution in [0.25, 0.3) is 0 Å². The molecule has 0 saturated carbocycles. The maximum absolute atomic E-state index is 12.0. The molecule has 0 aromatic heterocycles. The summed E-state index contributed by atoms with van der Waals surface area (Å²) in [5.74, 6) is -0.365. The molecule has 0 radical (unpaired) electrons. The number of carbonyl (C=O) groups is 2. The molecule has 6 heteroatoms. The Morgan fingerprint density at radius 2 is 1.95 bits per heavy atom. The van der Waals surface area contributed by atoms with Crippen LogP contribution in [0.3, 0.4) is 0 Å². The average molecular weight is 262 g/mol. The van der Waals surface area contributed by atoms with Gasteiger partial charge in [0.15, 0.2) is 0 Å². The summed E-state index contributed by atoms with van der Waals surface area (Å²) in [6.07, 6.45) is 0.595. The lowest BCUT2D eigenvalue weighted by Gasteiger charge is -2.21. The van der Waals surface area contributed by atoms with Crippen LogP contribution in [-0.4, -0.2) is 29.9 Å². The number of likely N-dealkylation sites (tertiary alicyclic amines) is 1. The molecule has 1 unspecified atom stereocenters. The Bertz CT molecular complexity index is 500. The Morgan fingerprint density at radius 1 is 1.32 bits per heavy atom. The number of nitrogens with two attached hydrogens (primary N) is 2. The normalized spacial score (nSPS) is 22.3. The Kier molecular flexibility index (Phi) is 3.33. The molecular formula is C13H18N4O2. The van der Waals surface area contributed by atoms with Gasteiger partial charge in [0.25, 0.3) is 0 Å². The molecule has 1 aliphatic rings. The van der Waals surface area contributed by atoms with Crippen LogP contribution < -0.4 is 16.8 Å². The van der Waals surface area contributed by atoms with Crippen LogP contribution in [-0.2, 0) is 4.79 Å². The zero-order chi connectivity index (χ0) is 14.0. The van der Waals surface area contributed by atoms with E-state index in [4.69, 9.17) is 11.5 Å². The highest BCUT2D eigenvalue weighted by atomic mass is 16.2. The van der Waals surface area contributed by atoms with E-state index >= 15 is 0 Å². The van der Waals surface area contributed by atoms with Crippen molar-refractivity contribution in [3.8, 4) is 0 Å². The Hall–Kier alpha value is -2.24. The monoisotopic (exact) mass is 262 g/mol. The van der Waals surface area contributed by atoms with E-state index in [1.165, 1.54) is 0 Å². The van der Waals surface area contributed by atoms with Crippen molar-refractivity contribution in [2.75, 3.05) is 24.1 Å². The summed E-state index contributed by atoms with van der Waals surface area (Å²) < 4.78 is 0. The van der Waals surface area contributed by atoms with Crippen LogP contribution >= 0.6 is 0 Å². The highest BCUT2D eigenvalue weighted by Crippen LogP contribution is 2.29. The molecule has 0 aliphatic carbocycles. The second kappa shape index (κ2) is 4.79. The number of urea groups is 1. The maximum atomic E-state index is 12.0. The number of anilines is 2. The number of hydrogen-bond acceptors (Lipinski definition) is 3. The van der Waals surface area contributed by atoms with E-state index in [0.717, 1.165) is 0 Å². The van der Waals surface area contributed by atoms with Gasteiger partial charge in [0, 0.05) is 24.5 Å². The molecule has 1 aromatic rings. The van der Waals surface area contributed by atoms with Gasteiger partial charge >= 0.3 is 6.03 Å². The molecule has 1 aromatic carbocycles. The summed E-state index contributed by atoms with van der Waals surface area (Å²) >= 11 is 0. The van der Waals surface area contributed by atoms with Gasteiger partial charge in [0.1, 0.15) is 0 Å². The quantitative estimate of drug-likeness (QED) is 0.693. The lowest BCUT2D eigenvalue weighted by molar-refractivity contribution is -0.126. The van der Waals surface area contributed by atoms with Gasteiger partial charge in [-0.25, -0.2) is 4.79 Å². The molecule has 1 saturated heterocycles. The minimum absolute atomic E-state index is 0.227. The highest BCUT2D eigenvalue weighted by Gasteiger charge is 2.40. The lowest BCUT2D eigenvalue weighted by Crippen LogP contribution is -2.40. The van der Waals surface area contributed by atoms with Crippen molar-refractivity contribution >= 4 is 23.3 Å². The van der Waals surface area contributed by atoms with Crippen molar-refractivity contribution in [1.82, 2.24) is 4.90 Å². The molecule has 1 fully saturated rings. The van der Waals surface area contributed by atoms with E-state index in [9.17, 15) is 9.59 Å². The number of nitrogens with one attached hydrogen (secondary N) is 1. The molecule has 102 valence electrons.